The zero-order valence-corrected chi connectivity index (χ0v) is 7.49. The van der Waals surface area contributed by atoms with Crippen LogP contribution < -0.4 is 16.4 Å². The van der Waals surface area contributed by atoms with Gasteiger partial charge in [-0.15, -0.1) is 0 Å². The van der Waals surface area contributed by atoms with Gasteiger partial charge in [0.05, 0.1) is 0 Å². The van der Waals surface area contributed by atoms with E-state index < -0.39 is 12.4 Å². The molecule has 0 atom stereocenters. The van der Waals surface area contributed by atoms with Crippen LogP contribution >= 0.6 is 0 Å². The summed E-state index contributed by atoms with van der Waals surface area (Å²) in [7, 11) is 0. The van der Waals surface area contributed by atoms with E-state index in [0.29, 0.717) is 0 Å². The minimum atomic E-state index is -0.789. The molecule has 0 aromatic carbocycles. The molecule has 15 heavy (non-hydrogen) atoms. The fourth-order valence-electron chi connectivity index (χ4n) is 1.05. The summed E-state index contributed by atoms with van der Waals surface area (Å²) < 4.78 is 11.8. The Morgan fingerprint density at radius 2 is 2.20 bits per heavy atom. The van der Waals surface area contributed by atoms with E-state index in [9.17, 15) is 9.18 Å². The number of aromatic nitrogens is 4. The van der Waals surface area contributed by atoms with Crippen molar-refractivity contribution in [2.45, 2.75) is 0 Å². The van der Waals surface area contributed by atoms with Crippen LogP contribution in [-0.2, 0) is 0 Å². The van der Waals surface area contributed by atoms with E-state index >= 15 is 0 Å². The van der Waals surface area contributed by atoms with Gasteiger partial charge in [0.25, 0.3) is 5.56 Å². The number of halogens is 1. The van der Waals surface area contributed by atoms with E-state index in [2.05, 4.69) is 30.8 Å². The third-order valence-corrected chi connectivity index (χ3v) is 1.62. The maximum atomic E-state index is 11.8. The lowest BCUT2D eigenvalue weighted by atomic mass is 10.5. The third-order valence-electron chi connectivity index (χ3n) is 1.62. The van der Waals surface area contributed by atoms with E-state index in [1.165, 1.54) is 12.4 Å². The zero-order valence-electron chi connectivity index (χ0n) is 7.49. The molecule has 0 fully saturated rings. The second-order valence-corrected chi connectivity index (χ2v) is 2.58. The van der Waals surface area contributed by atoms with Crippen molar-refractivity contribution in [1.82, 2.24) is 25.4 Å². The number of anilines is 1. The van der Waals surface area contributed by atoms with E-state index in [0.717, 1.165) is 0 Å². The topological polar surface area (TPSA) is 95.6 Å². The molecular weight excluding hydrogens is 203 g/mol. The van der Waals surface area contributed by atoms with Crippen molar-refractivity contribution in [2.75, 3.05) is 12.2 Å². The molecule has 0 aliphatic carbocycles. The maximum Gasteiger partial charge on any atom is 0.280 e. The largest absolute Gasteiger partial charge is 0.290 e. The van der Waals surface area contributed by atoms with Gasteiger partial charge in [-0.2, -0.15) is 4.98 Å². The molecule has 3 N–H and O–H groups in total. The standard InChI is InChI=1S/C7H7FN6O/c8-3-11-14-7-12-5-4(6(15)13-7)9-1-2-10-5/h1-2,11H,3H2,(H2,10,12,13,14,15). The average molecular weight is 210 g/mol. The molecule has 0 aliphatic heterocycles. The summed E-state index contributed by atoms with van der Waals surface area (Å²) in [5.41, 5.74) is 4.43. The van der Waals surface area contributed by atoms with Gasteiger partial charge in [-0.25, -0.2) is 19.8 Å². The predicted octanol–water partition coefficient (Wildman–Crippen LogP) is -0.443. The molecule has 0 bridgehead atoms. The average Bonchev–Trinajstić information content (AvgIpc) is 2.26. The number of nitrogens with one attached hydrogen (secondary N) is 3. The second kappa shape index (κ2) is 3.96. The number of hydrogen-bond acceptors (Lipinski definition) is 6. The monoisotopic (exact) mass is 210 g/mol. The van der Waals surface area contributed by atoms with Gasteiger partial charge in [0.1, 0.15) is 0 Å². The highest BCUT2D eigenvalue weighted by atomic mass is 19.1. The van der Waals surface area contributed by atoms with Crippen LogP contribution in [0, 0.1) is 0 Å². The minimum Gasteiger partial charge on any atom is -0.290 e. The summed E-state index contributed by atoms with van der Waals surface area (Å²) in [5, 5.41) is 0. The normalized spacial score (nSPS) is 10.5. The first kappa shape index (κ1) is 9.46. The van der Waals surface area contributed by atoms with Crippen LogP contribution in [0.15, 0.2) is 17.2 Å². The number of nitrogens with zero attached hydrogens (tertiary/aromatic N) is 3. The Morgan fingerprint density at radius 1 is 1.40 bits per heavy atom. The number of hydrogen-bond donors (Lipinski definition) is 3. The highest BCUT2D eigenvalue weighted by molar-refractivity contribution is 5.68. The number of hydrazine groups is 1. The fourth-order valence-corrected chi connectivity index (χ4v) is 1.05. The molecular formula is C7H7FN6O. The third kappa shape index (κ3) is 1.89. The summed E-state index contributed by atoms with van der Waals surface area (Å²) in [5.74, 6) is 0.0886. The van der Waals surface area contributed by atoms with Gasteiger partial charge in [0, 0.05) is 12.4 Å². The van der Waals surface area contributed by atoms with Crippen LogP contribution in [-0.4, -0.2) is 26.7 Å². The van der Waals surface area contributed by atoms with Crippen LogP contribution in [0.3, 0.4) is 0 Å². The molecule has 0 unspecified atom stereocenters. The quantitative estimate of drug-likeness (QED) is 0.469. The van der Waals surface area contributed by atoms with Gasteiger partial charge in [-0.05, 0) is 0 Å². The molecule has 0 aliphatic rings. The van der Waals surface area contributed by atoms with Crippen molar-refractivity contribution < 1.29 is 4.39 Å². The van der Waals surface area contributed by atoms with Crippen LogP contribution in [0.5, 0.6) is 0 Å². The number of fused-ring (bicyclic) bond motifs is 1. The molecule has 7 nitrogen and oxygen atoms in total. The molecule has 0 amide bonds. The lowest BCUT2D eigenvalue weighted by Gasteiger charge is -2.03. The summed E-state index contributed by atoms with van der Waals surface area (Å²) in [6, 6.07) is 0. The second-order valence-electron chi connectivity index (χ2n) is 2.58. The smallest absolute Gasteiger partial charge is 0.280 e. The first-order chi connectivity index (χ1) is 7.31. The Bertz CT molecular complexity index is 526. The van der Waals surface area contributed by atoms with Gasteiger partial charge in [0.15, 0.2) is 18.0 Å². The fraction of sp³-hybridized carbons (Fsp3) is 0.143. The van der Waals surface area contributed by atoms with Crippen molar-refractivity contribution in [3.63, 3.8) is 0 Å². The number of rotatable bonds is 3. The zero-order chi connectivity index (χ0) is 10.7. The summed E-state index contributed by atoms with van der Waals surface area (Å²) in [4.78, 5) is 25.3. The lowest BCUT2D eigenvalue weighted by Crippen LogP contribution is -2.24. The minimum absolute atomic E-state index is 0.0886. The lowest BCUT2D eigenvalue weighted by molar-refractivity contribution is 0.449. The molecule has 78 valence electrons. The van der Waals surface area contributed by atoms with Crippen LogP contribution in [0.4, 0.5) is 10.3 Å². The van der Waals surface area contributed by atoms with Gasteiger partial charge >= 0.3 is 0 Å². The van der Waals surface area contributed by atoms with Crippen LogP contribution in [0.1, 0.15) is 0 Å². The van der Waals surface area contributed by atoms with Crippen molar-refractivity contribution in [1.29, 1.82) is 0 Å². The highest BCUT2D eigenvalue weighted by Gasteiger charge is 2.04. The van der Waals surface area contributed by atoms with Gasteiger partial charge in [-0.1, -0.05) is 0 Å². The van der Waals surface area contributed by atoms with Crippen molar-refractivity contribution >= 4 is 17.1 Å². The Hall–Kier alpha value is -2.09. The molecule has 0 radical (unpaired) electrons. The maximum absolute atomic E-state index is 11.8. The summed E-state index contributed by atoms with van der Waals surface area (Å²) in [6.07, 6.45) is 2.81. The van der Waals surface area contributed by atoms with E-state index in [-0.39, 0.29) is 17.1 Å². The van der Waals surface area contributed by atoms with Gasteiger partial charge < -0.3 is 0 Å². The predicted molar refractivity (Wildman–Crippen MR) is 50.7 cm³/mol. The summed E-state index contributed by atoms with van der Waals surface area (Å²) in [6.45, 7) is -0.789. The molecule has 2 aromatic heterocycles. The van der Waals surface area contributed by atoms with Crippen molar-refractivity contribution in [3.05, 3.63) is 22.7 Å². The Kier molecular flexibility index (Phi) is 2.50. The van der Waals surface area contributed by atoms with Crippen LogP contribution in [0.25, 0.3) is 11.2 Å². The van der Waals surface area contributed by atoms with Gasteiger partial charge in [0.2, 0.25) is 5.95 Å². The Morgan fingerprint density at radius 3 is 3.00 bits per heavy atom. The molecule has 0 spiro atoms. The summed E-state index contributed by atoms with van der Waals surface area (Å²) >= 11 is 0. The first-order valence-corrected chi connectivity index (χ1v) is 4.07. The first-order valence-electron chi connectivity index (χ1n) is 4.07. The molecule has 0 saturated heterocycles. The van der Waals surface area contributed by atoms with Gasteiger partial charge in [-0.3, -0.25) is 15.2 Å². The Labute approximate surface area is 82.8 Å². The van der Waals surface area contributed by atoms with E-state index in [1.54, 1.807) is 0 Å². The molecule has 2 aromatic rings. The number of aromatic amines is 1. The SMILES string of the molecule is O=c1[nH]c(NNCF)nc2nccnc12. The van der Waals surface area contributed by atoms with Crippen LogP contribution in [0.2, 0.25) is 0 Å². The van der Waals surface area contributed by atoms with E-state index in [4.69, 9.17) is 0 Å². The number of alkyl halides is 1. The molecule has 2 heterocycles. The highest BCUT2D eigenvalue weighted by Crippen LogP contribution is 2.00. The molecule has 8 heteroatoms. The van der Waals surface area contributed by atoms with E-state index in [1.807, 2.05) is 0 Å². The Balaban J connectivity index is 2.48. The molecule has 0 saturated carbocycles. The van der Waals surface area contributed by atoms with Crippen molar-refractivity contribution in [2.24, 2.45) is 0 Å². The number of H-pyrrole nitrogens is 1. The molecule has 2 rings (SSSR count). The van der Waals surface area contributed by atoms with Crippen molar-refractivity contribution in [3.8, 4) is 0 Å².